The van der Waals surface area contributed by atoms with E-state index >= 15 is 0 Å². The molecule has 84 valence electrons. The third kappa shape index (κ3) is 2.23. The SMILES string of the molecule is Cc1cnc(N(C)c2ccccc2C#N)nc1. The van der Waals surface area contributed by atoms with Crippen LogP contribution in [0.4, 0.5) is 11.6 Å². The van der Waals surface area contributed by atoms with Gasteiger partial charge in [0.15, 0.2) is 0 Å². The molecule has 0 aliphatic heterocycles. The lowest BCUT2D eigenvalue weighted by atomic mass is 10.2. The van der Waals surface area contributed by atoms with Gasteiger partial charge in [-0.1, -0.05) is 12.1 Å². The Hall–Kier alpha value is -2.41. The Morgan fingerprint density at radius 1 is 1.18 bits per heavy atom. The standard InChI is InChI=1S/C13H12N4/c1-10-8-15-13(16-9-10)17(2)12-6-4-3-5-11(12)7-14/h3-6,8-9H,1-2H3. The molecule has 17 heavy (non-hydrogen) atoms. The zero-order valence-electron chi connectivity index (χ0n) is 9.75. The molecule has 0 spiro atoms. The highest BCUT2D eigenvalue weighted by molar-refractivity contribution is 5.64. The molecule has 1 heterocycles. The summed E-state index contributed by atoms with van der Waals surface area (Å²) < 4.78 is 0. The summed E-state index contributed by atoms with van der Waals surface area (Å²) in [7, 11) is 1.85. The van der Waals surface area contributed by atoms with Gasteiger partial charge in [0.25, 0.3) is 0 Å². The first-order valence-corrected chi connectivity index (χ1v) is 5.24. The summed E-state index contributed by atoms with van der Waals surface area (Å²) in [6.07, 6.45) is 3.52. The first-order chi connectivity index (χ1) is 8.22. The maximum absolute atomic E-state index is 9.04. The van der Waals surface area contributed by atoms with E-state index in [1.807, 2.05) is 32.2 Å². The van der Waals surface area contributed by atoms with Gasteiger partial charge in [-0.15, -0.1) is 0 Å². The molecule has 0 bridgehead atoms. The fourth-order valence-corrected chi connectivity index (χ4v) is 1.53. The van der Waals surface area contributed by atoms with Gasteiger partial charge >= 0.3 is 0 Å². The maximum Gasteiger partial charge on any atom is 0.229 e. The minimum atomic E-state index is 0.582. The number of anilines is 2. The highest BCUT2D eigenvalue weighted by Gasteiger charge is 2.10. The van der Waals surface area contributed by atoms with E-state index in [2.05, 4.69) is 16.0 Å². The van der Waals surface area contributed by atoms with Crippen LogP contribution in [-0.4, -0.2) is 17.0 Å². The molecule has 0 N–H and O–H groups in total. The second-order valence-electron chi connectivity index (χ2n) is 3.75. The van der Waals surface area contributed by atoms with Crippen molar-refractivity contribution in [1.29, 1.82) is 5.26 Å². The van der Waals surface area contributed by atoms with E-state index in [0.717, 1.165) is 11.3 Å². The first kappa shape index (κ1) is 11.1. The molecule has 0 saturated carbocycles. The second kappa shape index (κ2) is 4.62. The summed E-state index contributed by atoms with van der Waals surface area (Å²) in [6.45, 7) is 1.94. The average Bonchev–Trinajstić information content (AvgIpc) is 2.39. The lowest BCUT2D eigenvalue weighted by Crippen LogP contribution is -2.14. The van der Waals surface area contributed by atoms with Crippen molar-refractivity contribution in [1.82, 2.24) is 9.97 Å². The van der Waals surface area contributed by atoms with Crippen LogP contribution in [0.25, 0.3) is 0 Å². The van der Waals surface area contributed by atoms with Crippen LogP contribution >= 0.6 is 0 Å². The molecule has 0 radical (unpaired) electrons. The van der Waals surface area contributed by atoms with Gasteiger partial charge in [0.1, 0.15) is 6.07 Å². The molecular formula is C13H12N4. The van der Waals surface area contributed by atoms with Crippen LogP contribution in [0, 0.1) is 18.3 Å². The van der Waals surface area contributed by atoms with E-state index in [4.69, 9.17) is 5.26 Å². The van der Waals surface area contributed by atoms with E-state index in [-0.39, 0.29) is 0 Å². The number of nitrogens with zero attached hydrogens (tertiary/aromatic N) is 4. The smallest absolute Gasteiger partial charge is 0.229 e. The van der Waals surface area contributed by atoms with Crippen LogP contribution in [0.2, 0.25) is 0 Å². The fraction of sp³-hybridized carbons (Fsp3) is 0.154. The number of aromatic nitrogens is 2. The summed E-state index contributed by atoms with van der Waals surface area (Å²) in [5.74, 6) is 0.582. The van der Waals surface area contributed by atoms with Crippen LogP contribution in [0.3, 0.4) is 0 Å². The molecule has 1 aromatic carbocycles. The van der Waals surface area contributed by atoms with Crippen molar-refractivity contribution in [3.63, 3.8) is 0 Å². The maximum atomic E-state index is 9.04. The predicted octanol–water partition coefficient (Wildman–Crippen LogP) is 2.42. The van der Waals surface area contributed by atoms with Gasteiger partial charge in [0, 0.05) is 19.4 Å². The number of rotatable bonds is 2. The fourth-order valence-electron chi connectivity index (χ4n) is 1.53. The number of nitriles is 1. The third-order valence-corrected chi connectivity index (χ3v) is 2.45. The van der Waals surface area contributed by atoms with Gasteiger partial charge in [0.2, 0.25) is 5.95 Å². The van der Waals surface area contributed by atoms with Crippen molar-refractivity contribution < 1.29 is 0 Å². The van der Waals surface area contributed by atoms with Crippen molar-refractivity contribution in [3.8, 4) is 6.07 Å². The Morgan fingerprint density at radius 3 is 2.47 bits per heavy atom. The molecule has 0 amide bonds. The number of benzene rings is 1. The molecule has 0 atom stereocenters. The molecular weight excluding hydrogens is 212 g/mol. The topological polar surface area (TPSA) is 52.8 Å². The largest absolute Gasteiger partial charge is 0.312 e. The molecule has 2 rings (SSSR count). The molecule has 0 unspecified atom stereocenters. The molecule has 0 aliphatic carbocycles. The minimum Gasteiger partial charge on any atom is -0.312 e. The predicted molar refractivity (Wildman–Crippen MR) is 66.0 cm³/mol. The quantitative estimate of drug-likeness (QED) is 0.786. The van der Waals surface area contributed by atoms with Crippen molar-refractivity contribution >= 4 is 11.6 Å². The van der Waals surface area contributed by atoms with E-state index in [1.165, 1.54) is 0 Å². The molecule has 0 saturated heterocycles. The van der Waals surface area contributed by atoms with Gasteiger partial charge in [-0.05, 0) is 24.6 Å². The number of para-hydroxylation sites is 1. The second-order valence-corrected chi connectivity index (χ2v) is 3.75. The zero-order valence-corrected chi connectivity index (χ0v) is 9.75. The van der Waals surface area contributed by atoms with Gasteiger partial charge in [-0.2, -0.15) is 5.26 Å². The summed E-state index contributed by atoms with van der Waals surface area (Å²) in [5.41, 5.74) is 2.42. The van der Waals surface area contributed by atoms with Crippen molar-refractivity contribution in [2.75, 3.05) is 11.9 Å². The van der Waals surface area contributed by atoms with E-state index in [9.17, 15) is 0 Å². The molecule has 2 aromatic rings. The average molecular weight is 224 g/mol. The Bertz CT molecular complexity index is 554. The van der Waals surface area contributed by atoms with Crippen LogP contribution < -0.4 is 4.90 Å². The number of hydrogen-bond acceptors (Lipinski definition) is 4. The van der Waals surface area contributed by atoms with Crippen LogP contribution in [-0.2, 0) is 0 Å². The molecule has 1 aromatic heterocycles. The summed E-state index contributed by atoms with van der Waals surface area (Å²) >= 11 is 0. The molecule has 4 heteroatoms. The van der Waals surface area contributed by atoms with Crippen molar-refractivity contribution in [3.05, 3.63) is 47.8 Å². The van der Waals surface area contributed by atoms with Crippen LogP contribution in [0.5, 0.6) is 0 Å². The lowest BCUT2D eigenvalue weighted by Gasteiger charge is -2.17. The van der Waals surface area contributed by atoms with E-state index < -0.39 is 0 Å². The lowest BCUT2D eigenvalue weighted by molar-refractivity contribution is 1.03. The Kier molecular flexibility index (Phi) is 3.01. The number of aryl methyl sites for hydroxylation is 1. The van der Waals surface area contributed by atoms with Gasteiger partial charge in [-0.3, -0.25) is 0 Å². The Balaban J connectivity index is 2.40. The van der Waals surface area contributed by atoms with Gasteiger partial charge in [0.05, 0.1) is 11.3 Å². The summed E-state index contributed by atoms with van der Waals surface area (Å²) in [6, 6.07) is 9.54. The highest BCUT2D eigenvalue weighted by atomic mass is 15.2. The van der Waals surface area contributed by atoms with Crippen molar-refractivity contribution in [2.45, 2.75) is 6.92 Å². The Morgan fingerprint density at radius 2 is 1.82 bits per heavy atom. The summed E-state index contributed by atoms with van der Waals surface area (Å²) in [5, 5.41) is 9.04. The monoisotopic (exact) mass is 224 g/mol. The molecule has 4 nitrogen and oxygen atoms in total. The third-order valence-electron chi connectivity index (χ3n) is 2.45. The zero-order chi connectivity index (χ0) is 12.3. The number of hydrogen-bond donors (Lipinski definition) is 0. The highest BCUT2D eigenvalue weighted by Crippen LogP contribution is 2.23. The van der Waals surface area contributed by atoms with Gasteiger partial charge in [-0.25, -0.2) is 9.97 Å². The molecule has 0 fully saturated rings. The normalized spacial score (nSPS) is 9.71. The van der Waals surface area contributed by atoms with Crippen molar-refractivity contribution in [2.24, 2.45) is 0 Å². The van der Waals surface area contributed by atoms with Gasteiger partial charge < -0.3 is 4.90 Å². The summed E-state index contributed by atoms with van der Waals surface area (Å²) in [4.78, 5) is 10.3. The first-order valence-electron chi connectivity index (χ1n) is 5.24. The van der Waals surface area contributed by atoms with E-state index in [1.54, 1.807) is 23.4 Å². The van der Waals surface area contributed by atoms with Crippen LogP contribution in [0.1, 0.15) is 11.1 Å². The van der Waals surface area contributed by atoms with Crippen LogP contribution in [0.15, 0.2) is 36.7 Å². The Labute approximate surface area is 100 Å². The molecule has 0 aliphatic rings. The minimum absolute atomic E-state index is 0.582. The van der Waals surface area contributed by atoms with E-state index in [0.29, 0.717) is 11.5 Å².